The maximum Gasteiger partial charge on any atom is 0.528 e. The van der Waals surface area contributed by atoms with Gasteiger partial charge in [0.15, 0.2) is 9.84 Å². The van der Waals surface area contributed by atoms with Crippen LogP contribution in [0.3, 0.4) is 0 Å². The van der Waals surface area contributed by atoms with Crippen LogP contribution in [0.25, 0.3) is 0 Å². The number of aliphatic hydroxyl groups is 1. The molecule has 0 fully saturated rings. The molecule has 0 saturated carbocycles. The predicted octanol–water partition coefficient (Wildman–Crippen LogP) is -0.571. The molecule has 0 spiro atoms. The van der Waals surface area contributed by atoms with Crippen molar-refractivity contribution < 1.29 is 36.3 Å². The number of rotatable bonds is 6. The standard InChI is InChI=1S/C10H13NO8S2/c1-20(14,15)8-4-2-3-5-9(8)21(16,17)11-19-10(13)18-7-6-12/h2-5,11-12H,6-7H2,1H3. The van der Waals surface area contributed by atoms with Crippen LogP contribution in [-0.2, 0) is 29.4 Å². The largest absolute Gasteiger partial charge is 0.528 e. The van der Waals surface area contributed by atoms with Crippen molar-refractivity contribution in [2.45, 2.75) is 9.79 Å². The van der Waals surface area contributed by atoms with Gasteiger partial charge in [-0.3, -0.25) is 0 Å². The molecule has 0 amide bonds. The smallest absolute Gasteiger partial charge is 0.431 e. The summed E-state index contributed by atoms with van der Waals surface area (Å²) in [6.07, 6.45) is -0.540. The summed E-state index contributed by atoms with van der Waals surface area (Å²) in [5.74, 6) is 0. The minimum atomic E-state index is -4.41. The van der Waals surface area contributed by atoms with Crippen molar-refractivity contribution in [3.8, 4) is 0 Å². The Kier molecular flexibility index (Phi) is 5.66. The van der Waals surface area contributed by atoms with Crippen molar-refractivity contribution in [1.82, 2.24) is 4.89 Å². The third-order valence-corrected chi connectivity index (χ3v) is 4.61. The number of sulfonamides is 1. The molecule has 0 aliphatic carbocycles. The summed E-state index contributed by atoms with van der Waals surface area (Å²) in [7, 11) is -8.20. The quantitative estimate of drug-likeness (QED) is 0.519. The van der Waals surface area contributed by atoms with Gasteiger partial charge in [-0.25, -0.2) is 21.6 Å². The van der Waals surface area contributed by atoms with E-state index in [9.17, 15) is 21.6 Å². The molecule has 0 bridgehead atoms. The van der Waals surface area contributed by atoms with Gasteiger partial charge in [0.05, 0.1) is 11.5 Å². The van der Waals surface area contributed by atoms with Crippen LogP contribution >= 0.6 is 0 Å². The molecule has 118 valence electrons. The SMILES string of the molecule is CS(=O)(=O)c1ccccc1S(=O)(=O)NOC(=O)OCCO. The van der Waals surface area contributed by atoms with Gasteiger partial charge in [0.25, 0.3) is 10.0 Å². The molecular formula is C10H13NO8S2. The molecule has 21 heavy (non-hydrogen) atoms. The maximum atomic E-state index is 11.9. The number of sulfone groups is 1. The summed E-state index contributed by atoms with van der Waals surface area (Å²) in [6, 6.07) is 4.81. The van der Waals surface area contributed by atoms with Crippen LogP contribution < -0.4 is 4.89 Å². The topological polar surface area (TPSA) is 136 Å². The van der Waals surface area contributed by atoms with Crippen molar-refractivity contribution in [2.75, 3.05) is 19.5 Å². The van der Waals surface area contributed by atoms with Gasteiger partial charge < -0.3 is 14.7 Å². The molecule has 2 N–H and O–H groups in total. The molecule has 0 aliphatic heterocycles. The third-order valence-electron chi connectivity index (χ3n) is 2.08. The van der Waals surface area contributed by atoms with Crippen molar-refractivity contribution >= 4 is 26.0 Å². The number of benzene rings is 1. The number of carbonyl (C=O) groups is 1. The number of carbonyl (C=O) groups excluding carboxylic acids is 1. The fourth-order valence-corrected chi connectivity index (χ4v) is 3.67. The lowest BCUT2D eigenvalue weighted by Crippen LogP contribution is -2.29. The Balaban J connectivity index is 2.97. The first-order valence-corrected chi connectivity index (χ1v) is 8.81. The van der Waals surface area contributed by atoms with Crippen LogP contribution in [0.2, 0.25) is 0 Å². The lowest BCUT2D eigenvalue weighted by Gasteiger charge is -2.10. The highest BCUT2D eigenvalue weighted by Gasteiger charge is 2.25. The molecule has 0 heterocycles. The van der Waals surface area contributed by atoms with E-state index < -0.39 is 42.4 Å². The zero-order chi connectivity index (χ0) is 16.1. The Morgan fingerprint density at radius 3 is 2.29 bits per heavy atom. The zero-order valence-corrected chi connectivity index (χ0v) is 12.5. The molecule has 1 aromatic carbocycles. The van der Waals surface area contributed by atoms with E-state index >= 15 is 0 Å². The summed E-state index contributed by atoms with van der Waals surface area (Å²) in [5, 5.41) is 8.41. The summed E-state index contributed by atoms with van der Waals surface area (Å²) in [6.45, 7) is -0.834. The van der Waals surface area contributed by atoms with Crippen LogP contribution in [0, 0.1) is 0 Å². The molecule has 0 aliphatic rings. The fraction of sp³-hybridized carbons (Fsp3) is 0.300. The number of hydrogen-bond donors (Lipinski definition) is 2. The van der Waals surface area contributed by atoms with E-state index in [2.05, 4.69) is 9.57 Å². The van der Waals surface area contributed by atoms with Crippen LogP contribution in [0.5, 0.6) is 0 Å². The first kappa shape index (κ1) is 17.4. The van der Waals surface area contributed by atoms with Gasteiger partial charge in [0, 0.05) is 6.26 Å². The Hall–Kier alpha value is -1.69. The Bertz CT molecular complexity index is 710. The van der Waals surface area contributed by atoms with Gasteiger partial charge in [-0.2, -0.15) is 0 Å². The van der Waals surface area contributed by atoms with Gasteiger partial charge in [0.1, 0.15) is 11.5 Å². The minimum absolute atomic E-state index is 0.375. The van der Waals surface area contributed by atoms with Crippen molar-refractivity contribution in [3.63, 3.8) is 0 Å². The first-order valence-electron chi connectivity index (χ1n) is 5.44. The second-order valence-electron chi connectivity index (χ2n) is 3.73. The van der Waals surface area contributed by atoms with E-state index in [4.69, 9.17) is 5.11 Å². The summed E-state index contributed by atoms with van der Waals surface area (Å²) >= 11 is 0. The van der Waals surface area contributed by atoms with E-state index in [1.165, 1.54) is 17.0 Å². The average molecular weight is 339 g/mol. The summed E-state index contributed by atoms with van der Waals surface area (Å²) < 4.78 is 51.2. The highest BCUT2D eigenvalue weighted by Crippen LogP contribution is 2.20. The summed E-state index contributed by atoms with van der Waals surface area (Å²) in [5.41, 5.74) is 0. The lowest BCUT2D eigenvalue weighted by atomic mass is 10.4. The Labute approximate surface area is 121 Å². The van der Waals surface area contributed by atoms with Gasteiger partial charge >= 0.3 is 6.16 Å². The molecule has 0 unspecified atom stereocenters. The molecule has 0 radical (unpaired) electrons. The average Bonchev–Trinajstić information content (AvgIpc) is 2.42. The molecule has 0 atom stereocenters. The zero-order valence-electron chi connectivity index (χ0n) is 10.8. The highest BCUT2D eigenvalue weighted by atomic mass is 32.2. The highest BCUT2D eigenvalue weighted by molar-refractivity contribution is 7.93. The van der Waals surface area contributed by atoms with Gasteiger partial charge in [-0.15, -0.1) is 0 Å². The molecule has 11 heteroatoms. The second-order valence-corrected chi connectivity index (χ2v) is 7.33. The molecule has 9 nitrogen and oxygen atoms in total. The van der Waals surface area contributed by atoms with Gasteiger partial charge in [-0.05, 0) is 17.0 Å². The number of nitrogens with one attached hydrogen (secondary N) is 1. The monoisotopic (exact) mass is 339 g/mol. The van der Waals surface area contributed by atoms with Crippen LogP contribution in [0.15, 0.2) is 34.1 Å². The van der Waals surface area contributed by atoms with Gasteiger partial charge in [-0.1, -0.05) is 12.1 Å². The van der Waals surface area contributed by atoms with E-state index in [0.29, 0.717) is 0 Å². The molecule has 1 rings (SSSR count). The van der Waals surface area contributed by atoms with E-state index in [1.807, 2.05) is 0 Å². The van der Waals surface area contributed by atoms with E-state index in [-0.39, 0.29) is 6.61 Å². The summed E-state index contributed by atoms with van der Waals surface area (Å²) in [4.78, 5) is 15.5. The van der Waals surface area contributed by atoms with Gasteiger partial charge in [0.2, 0.25) is 0 Å². The Morgan fingerprint density at radius 1 is 1.19 bits per heavy atom. The van der Waals surface area contributed by atoms with Crippen molar-refractivity contribution in [1.29, 1.82) is 0 Å². The molecular weight excluding hydrogens is 326 g/mol. The predicted molar refractivity (Wildman–Crippen MR) is 69.4 cm³/mol. The molecule has 1 aromatic rings. The number of hydrogen-bond acceptors (Lipinski definition) is 8. The number of ether oxygens (including phenoxy) is 1. The van der Waals surface area contributed by atoms with Crippen molar-refractivity contribution in [3.05, 3.63) is 24.3 Å². The molecule has 0 saturated heterocycles. The fourth-order valence-electron chi connectivity index (χ4n) is 1.27. The van der Waals surface area contributed by atoms with Crippen molar-refractivity contribution in [2.24, 2.45) is 0 Å². The normalized spacial score (nSPS) is 11.9. The maximum absolute atomic E-state index is 11.9. The van der Waals surface area contributed by atoms with Crippen LogP contribution in [0.1, 0.15) is 0 Å². The third kappa shape index (κ3) is 4.97. The van der Waals surface area contributed by atoms with E-state index in [0.717, 1.165) is 18.4 Å². The van der Waals surface area contributed by atoms with E-state index in [1.54, 1.807) is 0 Å². The minimum Gasteiger partial charge on any atom is -0.431 e. The molecule has 0 aromatic heterocycles. The lowest BCUT2D eigenvalue weighted by molar-refractivity contribution is 0.0294. The first-order chi connectivity index (χ1) is 9.68. The Morgan fingerprint density at radius 2 is 1.76 bits per heavy atom. The van der Waals surface area contributed by atoms with Crippen LogP contribution in [-0.4, -0.2) is 47.6 Å². The number of aliphatic hydroxyl groups excluding tert-OH is 1. The second kappa shape index (κ2) is 6.85. The van der Waals surface area contributed by atoms with Crippen LogP contribution in [0.4, 0.5) is 4.79 Å².